The molecule has 0 saturated carbocycles. The Balaban J connectivity index is 1.72. The second kappa shape index (κ2) is 5.83. The molecule has 2 aliphatic rings. The van der Waals surface area contributed by atoms with Gasteiger partial charge in [0.1, 0.15) is 6.61 Å². The highest BCUT2D eigenvalue weighted by Gasteiger charge is 2.23. The summed E-state index contributed by atoms with van der Waals surface area (Å²) in [7, 11) is -0.708. The molecule has 0 radical (unpaired) electrons. The first-order valence-corrected chi connectivity index (χ1v) is 8.38. The zero-order valence-electron chi connectivity index (χ0n) is 11.2. The molecular formula is C14H18N2O3S. The van der Waals surface area contributed by atoms with Gasteiger partial charge in [-0.25, -0.2) is 0 Å². The minimum Gasteiger partial charge on any atom is -0.489 e. The molecule has 2 heterocycles. The lowest BCUT2D eigenvalue weighted by Gasteiger charge is -2.25. The molecule has 5 nitrogen and oxygen atoms in total. The first kappa shape index (κ1) is 13.4. The lowest BCUT2D eigenvalue weighted by Crippen LogP contribution is -2.39. The van der Waals surface area contributed by atoms with Crippen molar-refractivity contribution in [3.05, 3.63) is 23.8 Å². The van der Waals surface area contributed by atoms with E-state index in [1.54, 1.807) is 6.07 Å². The monoisotopic (exact) mass is 294 g/mol. The van der Waals surface area contributed by atoms with Crippen LogP contribution in [0.5, 0.6) is 5.75 Å². The van der Waals surface area contributed by atoms with E-state index in [9.17, 15) is 9.00 Å². The van der Waals surface area contributed by atoms with E-state index in [1.807, 2.05) is 12.1 Å². The number of nitrogens with one attached hydrogen (secondary N) is 2. The van der Waals surface area contributed by atoms with Crippen molar-refractivity contribution in [2.75, 3.05) is 30.0 Å². The highest BCUT2D eigenvalue weighted by molar-refractivity contribution is 7.85. The van der Waals surface area contributed by atoms with E-state index in [2.05, 4.69) is 10.6 Å². The van der Waals surface area contributed by atoms with Gasteiger partial charge in [-0.15, -0.1) is 0 Å². The summed E-state index contributed by atoms with van der Waals surface area (Å²) in [6, 6.07) is 5.66. The highest BCUT2D eigenvalue weighted by atomic mass is 32.2. The third kappa shape index (κ3) is 2.80. The molecule has 6 heteroatoms. The summed E-state index contributed by atoms with van der Waals surface area (Å²) in [6.45, 7) is 1.33. The van der Waals surface area contributed by atoms with Gasteiger partial charge in [0.15, 0.2) is 5.75 Å². The Morgan fingerprint density at radius 1 is 1.35 bits per heavy atom. The molecule has 1 aromatic carbocycles. The highest BCUT2D eigenvalue weighted by Crippen LogP contribution is 2.31. The molecule has 2 aliphatic heterocycles. The van der Waals surface area contributed by atoms with E-state index >= 15 is 0 Å². The molecule has 2 N–H and O–H groups in total. The predicted molar refractivity (Wildman–Crippen MR) is 78.8 cm³/mol. The number of anilines is 1. The number of fused-ring (bicyclic) bond motifs is 1. The molecule has 0 bridgehead atoms. The van der Waals surface area contributed by atoms with Gasteiger partial charge in [-0.1, -0.05) is 6.07 Å². The number of carbonyl (C=O) groups is 1. The standard InChI is InChI=1S/C14H18N2O3S/c17-14(16-10-4-8-20(18)9-5-10)11-2-1-3-12-13(11)19-7-6-15-12/h1-3,10,15H,4-9H2,(H,16,17). The molecule has 0 aromatic heterocycles. The van der Waals surface area contributed by atoms with Crippen LogP contribution in [0.1, 0.15) is 23.2 Å². The fourth-order valence-corrected chi connectivity index (χ4v) is 3.85. The van der Waals surface area contributed by atoms with Gasteiger partial charge in [-0.3, -0.25) is 9.00 Å². The minimum atomic E-state index is -0.708. The van der Waals surface area contributed by atoms with Crippen molar-refractivity contribution in [1.82, 2.24) is 5.32 Å². The van der Waals surface area contributed by atoms with E-state index < -0.39 is 10.8 Å². The van der Waals surface area contributed by atoms with Crippen molar-refractivity contribution in [3.8, 4) is 5.75 Å². The van der Waals surface area contributed by atoms with Gasteiger partial charge in [0.05, 0.1) is 11.3 Å². The van der Waals surface area contributed by atoms with Crippen LogP contribution in [0.15, 0.2) is 18.2 Å². The second-order valence-corrected chi connectivity index (χ2v) is 6.75. The quantitative estimate of drug-likeness (QED) is 0.858. The van der Waals surface area contributed by atoms with Crippen LogP contribution >= 0.6 is 0 Å². The van der Waals surface area contributed by atoms with Crippen molar-refractivity contribution in [3.63, 3.8) is 0 Å². The Bertz CT molecular complexity index is 537. The number of benzene rings is 1. The molecule has 0 spiro atoms. The fraction of sp³-hybridized carbons (Fsp3) is 0.500. The average molecular weight is 294 g/mol. The second-order valence-electron chi connectivity index (χ2n) is 5.05. The molecule has 20 heavy (non-hydrogen) atoms. The van der Waals surface area contributed by atoms with Crippen LogP contribution in [-0.2, 0) is 10.8 Å². The van der Waals surface area contributed by atoms with Crippen LogP contribution in [0.4, 0.5) is 5.69 Å². The van der Waals surface area contributed by atoms with Crippen LogP contribution in [0, 0.1) is 0 Å². The van der Waals surface area contributed by atoms with Crippen LogP contribution < -0.4 is 15.4 Å². The molecule has 1 amide bonds. The van der Waals surface area contributed by atoms with Crippen LogP contribution in [-0.4, -0.2) is 40.8 Å². The summed E-state index contributed by atoms with van der Waals surface area (Å²) in [4.78, 5) is 12.4. The van der Waals surface area contributed by atoms with Gasteiger partial charge >= 0.3 is 0 Å². The van der Waals surface area contributed by atoms with Gasteiger partial charge in [0, 0.05) is 34.9 Å². The van der Waals surface area contributed by atoms with Gasteiger partial charge in [0.25, 0.3) is 5.91 Å². The number of amides is 1. The smallest absolute Gasteiger partial charge is 0.255 e. The largest absolute Gasteiger partial charge is 0.489 e. The van der Waals surface area contributed by atoms with E-state index in [0.717, 1.165) is 25.1 Å². The Labute approximate surface area is 120 Å². The van der Waals surface area contributed by atoms with Crippen LogP contribution in [0.2, 0.25) is 0 Å². The fourth-order valence-electron chi connectivity index (χ4n) is 2.55. The maximum atomic E-state index is 12.4. The number of hydrogen-bond acceptors (Lipinski definition) is 4. The normalized spacial score (nSPS) is 25.0. The van der Waals surface area contributed by atoms with E-state index in [4.69, 9.17) is 4.74 Å². The zero-order chi connectivity index (χ0) is 13.9. The maximum absolute atomic E-state index is 12.4. The number of hydrogen-bond donors (Lipinski definition) is 2. The van der Waals surface area contributed by atoms with Gasteiger partial charge < -0.3 is 15.4 Å². The Kier molecular flexibility index (Phi) is 3.91. The predicted octanol–water partition coefficient (Wildman–Crippen LogP) is 1.13. The first-order chi connectivity index (χ1) is 9.74. The van der Waals surface area contributed by atoms with Crippen molar-refractivity contribution in [1.29, 1.82) is 0 Å². The lowest BCUT2D eigenvalue weighted by atomic mass is 10.1. The molecule has 1 aromatic rings. The Hall–Kier alpha value is -1.56. The summed E-state index contributed by atoms with van der Waals surface area (Å²) >= 11 is 0. The Morgan fingerprint density at radius 2 is 2.15 bits per heavy atom. The summed E-state index contributed by atoms with van der Waals surface area (Å²) < 4.78 is 16.9. The molecule has 108 valence electrons. The van der Waals surface area contributed by atoms with Gasteiger partial charge in [-0.05, 0) is 25.0 Å². The third-order valence-corrected chi connectivity index (χ3v) is 5.03. The van der Waals surface area contributed by atoms with Crippen molar-refractivity contribution < 1.29 is 13.7 Å². The maximum Gasteiger partial charge on any atom is 0.255 e. The van der Waals surface area contributed by atoms with Crippen molar-refractivity contribution >= 4 is 22.4 Å². The summed E-state index contributed by atoms with van der Waals surface area (Å²) in [5.74, 6) is 1.88. The van der Waals surface area contributed by atoms with E-state index in [1.165, 1.54) is 0 Å². The third-order valence-electron chi connectivity index (χ3n) is 3.65. The van der Waals surface area contributed by atoms with Crippen LogP contribution in [0.25, 0.3) is 0 Å². The summed E-state index contributed by atoms with van der Waals surface area (Å²) in [5.41, 5.74) is 1.44. The average Bonchev–Trinajstić information content (AvgIpc) is 2.49. The van der Waals surface area contributed by atoms with E-state index in [0.29, 0.717) is 29.4 Å². The van der Waals surface area contributed by atoms with Crippen LogP contribution in [0.3, 0.4) is 0 Å². The molecule has 1 fully saturated rings. The van der Waals surface area contributed by atoms with Gasteiger partial charge in [0.2, 0.25) is 0 Å². The molecular weight excluding hydrogens is 276 g/mol. The Morgan fingerprint density at radius 3 is 2.95 bits per heavy atom. The zero-order valence-corrected chi connectivity index (χ0v) is 12.0. The molecule has 0 aliphatic carbocycles. The number of carbonyl (C=O) groups excluding carboxylic acids is 1. The minimum absolute atomic E-state index is 0.108. The molecule has 3 rings (SSSR count). The first-order valence-electron chi connectivity index (χ1n) is 6.89. The number of para-hydroxylation sites is 1. The van der Waals surface area contributed by atoms with E-state index in [-0.39, 0.29) is 11.9 Å². The van der Waals surface area contributed by atoms with Crippen molar-refractivity contribution in [2.45, 2.75) is 18.9 Å². The topological polar surface area (TPSA) is 67.4 Å². The number of rotatable bonds is 2. The summed E-state index contributed by atoms with van der Waals surface area (Å²) in [5, 5.41) is 6.25. The SMILES string of the molecule is O=C(NC1CCS(=O)CC1)c1cccc2c1OCCN2. The molecule has 0 atom stereocenters. The number of ether oxygens (including phenoxy) is 1. The van der Waals surface area contributed by atoms with Gasteiger partial charge in [-0.2, -0.15) is 0 Å². The molecule has 0 unspecified atom stereocenters. The molecule has 1 saturated heterocycles. The summed E-state index contributed by atoms with van der Waals surface area (Å²) in [6.07, 6.45) is 1.57. The van der Waals surface area contributed by atoms with Crippen molar-refractivity contribution in [2.24, 2.45) is 0 Å². The lowest BCUT2D eigenvalue weighted by molar-refractivity contribution is 0.0930.